The lowest BCUT2D eigenvalue weighted by molar-refractivity contribution is 0.0437. The molecule has 0 radical (unpaired) electrons. The summed E-state index contributed by atoms with van der Waals surface area (Å²) in [4.78, 5) is 0. The Hall–Kier alpha value is -1.40. The fourth-order valence-electron chi connectivity index (χ4n) is 7.59. The van der Waals surface area contributed by atoms with E-state index in [0.717, 1.165) is 58.0 Å². The van der Waals surface area contributed by atoms with Crippen LogP contribution in [0, 0.1) is 79.1 Å². The Morgan fingerprint density at radius 3 is 0.614 bits per heavy atom. The van der Waals surface area contributed by atoms with Gasteiger partial charge in [0, 0.05) is 0 Å². The van der Waals surface area contributed by atoms with E-state index >= 15 is 0 Å². The summed E-state index contributed by atoms with van der Waals surface area (Å²) in [5.74, 6) is 3.33. The van der Waals surface area contributed by atoms with E-state index in [1.54, 1.807) is 21.2 Å². The van der Waals surface area contributed by atoms with Crippen molar-refractivity contribution >= 4 is 55.5 Å². The second kappa shape index (κ2) is 15.5. The normalized spacial score (nSPS) is 20.7. The van der Waals surface area contributed by atoms with Gasteiger partial charge in [-0.2, -0.15) is 0 Å². The minimum atomic E-state index is 0.833. The van der Waals surface area contributed by atoms with Gasteiger partial charge < -0.3 is 0 Å². The van der Waals surface area contributed by atoms with Crippen molar-refractivity contribution in [2.75, 3.05) is 24.6 Å². The molecule has 4 atom stereocenters. The Labute approximate surface area is 275 Å². The maximum Gasteiger partial charge on any atom is -0.0266 e. The molecule has 4 heteroatoms. The molecule has 0 N–H and O–H groups in total. The summed E-state index contributed by atoms with van der Waals surface area (Å²) >= 11 is 0. The smallest absolute Gasteiger partial charge is 0.0266 e. The third-order valence-electron chi connectivity index (χ3n) is 9.25. The van der Waals surface area contributed by atoms with Crippen LogP contribution >= 0.6 is 34.3 Å². The maximum absolute atomic E-state index is 2.45. The van der Waals surface area contributed by atoms with Crippen molar-refractivity contribution in [1.82, 2.24) is 0 Å². The number of benzene rings is 4. The number of hydrogen-bond donors (Lipinski definition) is 0. The lowest BCUT2D eigenvalue weighted by Gasteiger charge is -2.53. The summed E-state index contributed by atoms with van der Waals surface area (Å²) in [5.41, 5.74) is 11.3. The van der Waals surface area contributed by atoms with Crippen LogP contribution in [0.4, 0.5) is 0 Å². The van der Waals surface area contributed by atoms with Gasteiger partial charge in [0.2, 0.25) is 0 Å². The fraction of sp³-hybridized carbons (Fsp3) is 0.400. The van der Waals surface area contributed by atoms with E-state index in [0.29, 0.717) is 0 Å². The molecule has 5 rings (SSSR count). The van der Waals surface area contributed by atoms with Crippen LogP contribution in [0.25, 0.3) is 0 Å². The van der Waals surface area contributed by atoms with Gasteiger partial charge >= 0.3 is 0 Å². The molecule has 4 unspecified atom stereocenters. The largest absolute Gasteiger partial charge is 0.0901 e. The Morgan fingerprint density at radius 1 is 0.295 bits per heavy atom. The molecule has 0 saturated heterocycles. The van der Waals surface area contributed by atoms with Gasteiger partial charge in [-0.25, -0.2) is 0 Å². The van der Waals surface area contributed by atoms with Crippen molar-refractivity contribution in [2.24, 2.45) is 23.7 Å². The molecule has 0 aliphatic heterocycles. The van der Waals surface area contributed by atoms with Crippen molar-refractivity contribution in [1.29, 1.82) is 0 Å². The van der Waals surface area contributed by atoms with Crippen LogP contribution in [0.1, 0.15) is 44.5 Å². The van der Waals surface area contributed by atoms with Crippen molar-refractivity contribution in [3.8, 4) is 0 Å². The zero-order chi connectivity index (χ0) is 31.4. The molecular formula is C40H52P4. The molecule has 1 saturated carbocycles. The maximum atomic E-state index is 2.45. The van der Waals surface area contributed by atoms with Gasteiger partial charge in [-0.1, -0.05) is 152 Å². The molecule has 232 valence electrons. The molecule has 44 heavy (non-hydrogen) atoms. The van der Waals surface area contributed by atoms with E-state index in [1.165, 1.54) is 69.2 Å². The van der Waals surface area contributed by atoms with Crippen LogP contribution in [0.5, 0.6) is 0 Å². The number of hydrogen-bond acceptors (Lipinski definition) is 0. The van der Waals surface area contributed by atoms with Crippen LogP contribution in [-0.2, 0) is 0 Å². The third-order valence-corrected chi connectivity index (χ3v) is 14.7. The molecule has 4 aromatic rings. The van der Waals surface area contributed by atoms with Crippen LogP contribution in [0.15, 0.2) is 72.8 Å². The highest BCUT2D eigenvalue weighted by atomic mass is 31.1. The monoisotopic (exact) mass is 656 g/mol. The van der Waals surface area contributed by atoms with Gasteiger partial charge in [0.15, 0.2) is 0 Å². The second-order valence-electron chi connectivity index (χ2n) is 13.7. The van der Waals surface area contributed by atoms with E-state index in [2.05, 4.69) is 128 Å². The SMILES string of the molecule is Cc1cc(C)cc(PCC2C(CPc3cc(C)cc(C)c3)C(CPc3cc(C)cc(C)c3)C2CPc2cc(C)cc(C)c2)c1. The van der Waals surface area contributed by atoms with Crippen molar-refractivity contribution in [2.45, 2.75) is 55.4 Å². The molecular weight excluding hydrogens is 604 g/mol. The highest BCUT2D eigenvalue weighted by Gasteiger charge is 2.48. The zero-order valence-electron chi connectivity index (χ0n) is 28.1. The summed E-state index contributed by atoms with van der Waals surface area (Å²) in [7, 11) is 3.64. The van der Waals surface area contributed by atoms with Crippen molar-refractivity contribution in [3.05, 3.63) is 117 Å². The van der Waals surface area contributed by atoms with Gasteiger partial charge in [0.25, 0.3) is 0 Å². The summed E-state index contributed by atoms with van der Waals surface area (Å²) in [6.07, 6.45) is 5.43. The molecule has 0 heterocycles. The molecule has 0 aromatic heterocycles. The topological polar surface area (TPSA) is 0 Å². The van der Waals surface area contributed by atoms with Crippen LogP contribution in [0.2, 0.25) is 0 Å². The summed E-state index contributed by atoms with van der Waals surface area (Å²) in [5, 5.41) is 6.26. The molecule has 0 spiro atoms. The third kappa shape index (κ3) is 9.33. The first-order valence-corrected chi connectivity index (χ1v) is 21.1. The first kappa shape index (κ1) is 33.9. The predicted octanol–water partition coefficient (Wildman–Crippen LogP) is 8.95. The molecule has 0 nitrogen and oxygen atoms in total. The lowest BCUT2D eigenvalue weighted by Crippen LogP contribution is -2.51. The molecule has 0 amide bonds. The average molecular weight is 657 g/mol. The van der Waals surface area contributed by atoms with Crippen LogP contribution < -0.4 is 21.2 Å². The minimum absolute atomic E-state index is 0.833. The van der Waals surface area contributed by atoms with Gasteiger partial charge in [0.1, 0.15) is 0 Å². The van der Waals surface area contributed by atoms with Gasteiger partial charge in [-0.05, 0) is 125 Å². The highest BCUT2D eigenvalue weighted by molar-refractivity contribution is 7.48. The quantitative estimate of drug-likeness (QED) is 0.134. The van der Waals surface area contributed by atoms with Crippen LogP contribution in [-0.4, -0.2) is 24.6 Å². The number of rotatable bonds is 12. The van der Waals surface area contributed by atoms with Gasteiger partial charge in [-0.15, -0.1) is 0 Å². The first-order valence-electron chi connectivity index (χ1n) is 16.3. The first-order chi connectivity index (χ1) is 21.0. The van der Waals surface area contributed by atoms with Crippen molar-refractivity contribution in [3.63, 3.8) is 0 Å². The zero-order valence-corrected chi connectivity index (χ0v) is 32.1. The average Bonchev–Trinajstić information content (AvgIpc) is 2.90. The number of aryl methyl sites for hydroxylation is 8. The predicted molar refractivity (Wildman–Crippen MR) is 209 cm³/mol. The van der Waals surface area contributed by atoms with Crippen LogP contribution in [0.3, 0.4) is 0 Å². The summed E-state index contributed by atoms with van der Waals surface area (Å²) in [6.45, 7) is 18.1. The Bertz CT molecular complexity index is 1260. The molecule has 1 aliphatic carbocycles. The summed E-state index contributed by atoms with van der Waals surface area (Å²) in [6, 6.07) is 28.9. The fourth-order valence-corrected chi connectivity index (χ4v) is 14.5. The molecule has 1 aliphatic rings. The Kier molecular flexibility index (Phi) is 11.9. The second-order valence-corrected chi connectivity index (χ2v) is 19.0. The summed E-state index contributed by atoms with van der Waals surface area (Å²) < 4.78 is 0. The Balaban J connectivity index is 1.40. The van der Waals surface area contributed by atoms with Crippen molar-refractivity contribution < 1.29 is 0 Å². The molecule has 1 fully saturated rings. The standard InChI is InChI=1S/C40H52P4/c1-25-9-26(2)14-33(13-25)41-21-37-38(22-42-34-15-27(3)10-28(4)16-34)40(24-44-36-19-31(7)12-32(8)20-36)39(37)23-43-35-17-29(5)11-30(6)18-35/h9-20,37-44H,21-24H2,1-8H3. The van der Waals surface area contributed by atoms with Gasteiger partial charge in [0.05, 0.1) is 0 Å². The van der Waals surface area contributed by atoms with E-state index in [9.17, 15) is 0 Å². The molecule has 4 aromatic carbocycles. The van der Waals surface area contributed by atoms with E-state index in [4.69, 9.17) is 0 Å². The van der Waals surface area contributed by atoms with E-state index < -0.39 is 0 Å². The molecule has 0 bridgehead atoms. The Morgan fingerprint density at radius 2 is 0.455 bits per heavy atom. The minimum Gasteiger partial charge on any atom is -0.0901 e. The van der Waals surface area contributed by atoms with E-state index in [1.807, 2.05) is 0 Å². The lowest BCUT2D eigenvalue weighted by atomic mass is 9.59. The van der Waals surface area contributed by atoms with E-state index in [-0.39, 0.29) is 0 Å². The van der Waals surface area contributed by atoms with Gasteiger partial charge in [-0.3, -0.25) is 0 Å². The highest BCUT2D eigenvalue weighted by Crippen LogP contribution is 2.53.